The van der Waals surface area contributed by atoms with Crippen LogP contribution in [0.2, 0.25) is 0 Å². The second-order valence-electron chi connectivity index (χ2n) is 17.0. The number of hydrogen-bond acceptors (Lipinski definition) is 14. The van der Waals surface area contributed by atoms with Crippen LogP contribution in [0.3, 0.4) is 0 Å². The van der Waals surface area contributed by atoms with E-state index in [0.717, 1.165) is 16.7 Å². The smallest absolute Gasteiger partial charge is 0.870 e. The van der Waals surface area contributed by atoms with Crippen LogP contribution in [-0.2, 0) is 74.3 Å². The summed E-state index contributed by atoms with van der Waals surface area (Å²) in [6, 6.07) is 10.8. The molecule has 75 heavy (non-hydrogen) atoms. The maximum absolute atomic E-state index is 13.2. The van der Waals surface area contributed by atoms with Gasteiger partial charge in [-0.3, -0.25) is 0 Å². The molecule has 1 saturated heterocycles. The van der Waals surface area contributed by atoms with Crippen molar-refractivity contribution in [3.05, 3.63) is 101 Å². The minimum atomic E-state index is -6.09. The summed E-state index contributed by atoms with van der Waals surface area (Å²) < 4.78 is 150. The zero-order valence-corrected chi connectivity index (χ0v) is 52.7. The first kappa shape index (κ1) is 80.6. The Morgan fingerprint density at radius 3 is 0.800 bits per heavy atom. The Labute approximate surface area is 486 Å². The SMILES string of the molecule is CN1CCN(C)CCN(C)CC1.Cc1cc(C)c(S(=O)(=O)[N-]CCN(CC[N-]S(=O)(=O)c2c(C)cc(C)cc2C)CC[N-]S(=O)(=O)c2c(C)cc(C)cc2C)c(C)c1.ClCCl.ClCCl.O=S(=O)([O-])C(F)(F)F.[Fe+4].[Mn+2].[OH-]. The van der Waals surface area contributed by atoms with Crippen molar-refractivity contribution in [2.75, 3.05) is 110 Å². The van der Waals surface area contributed by atoms with E-state index < -0.39 is 45.7 Å². The average molecular weight is 1310 g/mol. The van der Waals surface area contributed by atoms with E-state index in [2.05, 4.69) is 50.0 Å². The first-order valence-corrected chi connectivity index (χ1v) is 30.0. The van der Waals surface area contributed by atoms with Gasteiger partial charge in [0.05, 0.1) is 25.4 Å². The molecule has 4 rings (SSSR count). The van der Waals surface area contributed by atoms with Gasteiger partial charge in [-0.2, -0.15) is 13.2 Å². The van der Waals surface area contributed by atoms with Gasteiger partial charge in [0.15, 0.2) is 10.1 Å². The standard InChI is InChI=1S/C33H45N4O6S3.C9H21N3.2CH2Cl2.CHF3O3S.Fe.Mn.H2O/c1-22-16-25(4)31(26(5)17-22)44(38,39)34-10-13-37(14-11-35-45(40,41)32-27(6)18-23(2)19-28(32)7)15-12-36-46(42,43)33-29(8)20-24(3)21-30(33)9;1-10-4-6-11(2)8-9-12(3)7-5-10;2*2-1-3;2-1(3,4)8(5,6)7;;;/h16-21H,10-15H2,1-9H3;4-9H2,1-3H3;2*1H2;(H,5,6,7);;;1H2/q-3;;;;;+4;+2;/p-2. The third kappa shape index (κ3) is 30.5. The number of likely N-dealkylation sites (N-methyl/N-ethyl adjacent to an activating group) is 3. The summed E-state index contributed by atoms with van der Waals surface area (Å²) in [6.07, 6.45) is 0. The van der Waals surface area contributed by atoms with Gasteiger partial charge in [0.2, 0.25) is 0 Å². The molecule has 0 atom stereocenters. The molecule has 3 aromatic rings. The fourth-order valence-electron chi connectivity index (χ4n) is 7.52. The Bertz CT molecular complexity index is 2310. The van der Waals surface area contributed by atoms with Crippen LogP contribution in [0.5, 0.6) is 0 Å². The van der Waals surface area contributed by atoms with Crippen LogP contribution in [0.15, 0.2) is 51.1 Å². The molecule has 1 heterocycles. The summed E-state index contributed by atoms with van der Waals surface area (Å²) in [5, 5.41) is 0.389. The van der Waals surface area contributed by atoms with Gasteiger partial charge in [-0.25, -0.2) is 33.7 Å². The number of sulfonamides is 3. The topological polar surface area (TPSA) is 245 Å². The number of benzene rings is 3. The fraction of sp³-hybridized carbons (Fsp3) is 0.600. The Balaban J connectivity index is -0.000000712. The minimum absolute atomic E-state index is 0. The molecule has 30 heteroatoms. The zero-order valence-electron chi connectivity index (χ0n) is 44.1. The number of alkyl halides is 7. The Morgan fingerprint density at radius 2 is 0.653 bits per heavy atom. The van der Waals surface area contributed by atoms with Crippen LogP contribution >= 0.6 is 46.4 Å². The van der Waals surface area contributed by atoms with Crippen molar-refractivity contribution >= 4 is 86.6 Å². The Morgan fingerprint density at radius 1 is 0.493 bits per heavy atom. The molecule has 0 aromatic heterocycles. The fourth-order valence-corrected chi connectivity index (χ4v) is 11.7. The maximum atomic E-state index is 13.2. The van der Waals surface area contributed by atoms with Gasteiger partial charge in [-0.05, 0) is 136 Å². The van der Waals surface area contributed by atoms with Crippen molar-refractivity contribution in [1.82, 2.24) is 19.6 Å². The van der Waals surface area contributed by atoms with Gasteiger partial charge in [0, 0.05) is 39.3 Å². The molecule has 0 saturated carbocycles. The molecule has 0 amide bonds. The molecule has 3 aromatic carbocycles. The first-order valence-electron chi connectivity index (χ1n) is 22.1. The molecule has 1 fully saturated rings. The van der Waals surface area contributed by atoms with Crippen LogP contribution < -0.4 is 0 Å². The summed E-state index contributed by atoms with van der Waals surface area (Å²) in [6.45, 7) is 23.3. The van der Waals surface area contributed by atoms with E-state index in [1.807, 2.05) is 20.8 Å². The van der Waals surface area contributed by atoms with Crippen molar-refractivity contribution in [2.24, 2.45) is 0 Å². The van der Waals surface area contributed by atoms with Crippen molar-refractivity contribution in [2.45, 2.75) is 82.5 Å². The van der Waals surface area contributed by atoms with Gasteiger partial charge in [-0.1, -0.05) is 53.1 Å². The monoisotopic (exact) mass is 1310 g/mol. The van der Waals surface area contributed by atoms with Crippen LogP contribution in [0.25, 0.3) is 14.2 Å². The van der Waals surface area contributed by atoms with E-state index >= 15 is 0 Å². The molecule has 17 nitrogen and oxygen atoms in total. The maximum Gasteiger partial charge on any atom is 4.00 e. The molecule has 0 unspecified atom stereocenters. The summed E-state index contributed by atoms with van der Waals surface area (Å²) in [5.74, 6) is 0. The predicted molar refractivity (Wildman–Crippen MR) is 288 cm³/mol. The van der Waals surface area contributed by atoms with E-state index in [1.165, 1.54) is 39.3 Å². The molecule has 1 aliphatic heterocycles. The summed E-state index contributed by atoms with van der Waals surface area (Å²) >= 11 is 19.1. The summed E-state index contributed by atoms with van der Waals surface area (Å²) in [5.41, 5.74) is 0.836. The minimum Gasteiger partial charge on any atom is -0.870 e. The van der Waals surface area contributed by atoms with Gasteiger partial charge in [-0.15, -0.1) is 66.0 Å². The van der Waals surface area contributed by atoms with Gasteiger partial charge in [0.25, 0.3) is 0 Å². The van der Waals surface area contributed by atoms with Crippen LogP contribution in [-0.4, -0.2) is 179 Å². The largest absolute Gasteiger partial charge is 4.00 e. The van der Waals surface area contributed by atoms with Crippen molar-refractivity contribution < 1.29 is 91.0 Å². The first-order chi connectivity index (χ1) is 33.0. The van der Waals surface area contributed by atoms with E-state index in [-0.39, 0.29) is 104 Å². The third-order valence-electron chi connectivity index (χ3n) is 10.5. The molecule has 0 bridgehead atoms. The van der Waals surface area contributed by atoms with E-state index in [4.69, 9.17) is 59.4 Å². The van der Waals surface area contributed by atoms with Gasteiger partial charge >= 0.3 is 39.6 Å². The number of rotatable bonds is 15. The second kappa shape index (κ2) is 37.9. The summed E-state index contributed by atoms with van der Waals surface area (Å²) in [7, 11) is -11.4. The normalized spacial score (nSPS) is 13.9. The molecule has 433 valence electrons. The number of hydrogen-bond donors (Lipinski definition) is 0. The van der Waals surface area contributed by atoms with E-state index in [1.54, 1.807) is 82.8 Å². The molecular weight excluding hydrogens is 1240 g/mol. The van der Waals surface area contributed by atoms with Crippen molar-refractivity contribution in [3.8, 4) is 0 Å². The predicted octanol–water partition coefficient (Wildman–Crippen LogP) is 8.86. The van der Waals surface area contributed by atoms with Crippen LogP contribution in [0, 0.1) is 62.3 Å². The summed E-state index contributed by atoms with van der Waals surface area (Å²) in [4.78, 5) is 9.43. The van der Waals surface area contributed by atoms with Crippen molar-refractivity contribution in [1.29, 1.82) is 0 Å². The zero-order chi connectivity index (χ0) is 56.0. The van der Waals surface area contributed by atoms with Crippen molar-refractivity contribution in [3.63, 3.8) is 0 Å². The molecule has 1 radical (unpaired) electrons. The molecule has 0 aliphatic carbocycles. The average Bonchev–Trinajstić information content (AvgIpc) is 3.26. The number of halogens is 7. The van der Waals surface area contributed by atoms with Crippen LogP contribution in [0.1, 0.15) is 50.1 Å². The van der Waals surface area contributed by atoms with Gasteiger partial charge < -0.3 is 43.8 Å². The molecule has 1 N–H and O–H groups in total. The third-order valence-corrected chi connectivity index (χ3v) is 16.1. The second-order valence-corrected chi connectivity index (χ2v) is 24.9. The quantitative estimate of drug-likeness (QED) is 0.0597. The number of nitrogens with zero attached hydrogens (tertiary/aromatic N) is 7. The Kier molecular flexibility index (Phi) is 40.7. The van der Waals surface area contributed by atoms with Gasteiger partial charge in [0.1, 0.15) is 30.1 Å². The molecule has 1 aliphatic rings. The molecule has 0 spiro atoms. The van der Waals surface area contributed by atoms with Crippen LogP contribution in [0.4, 0.5) is 13.2 Å². The van der Waals surface area contributed by atoms with E-state index in [9.17, 15) is 38.4 Å². The number of aryl methyl sites for hydroxylation is 9. The molecular formula is C45H71Cl4F3FeMnN7O10S4+. The Hall–Kier alpha value is -0.911. The van der Waals surface area contributed by atoms with E-state index in [0.29, 0.717) is 33.4 Å².